The van der Waals surface area contributed by atoms with Crippen LogP contribution in [-0.2, 0) is 13.8 Å². The van der Waals surface area contributed by atoms with Gasteiger partial charge in [-0.3, -0.25) is 13.9 Å². The van der Waals surface area contributed by atoms with Gasteiger partial charge in [0.15, 0.2) is 22.7 Å². The van der Waals surface area contributed by atoms with Crippen molar-refractivity contribution < 1.29 is 34.0 Å². The minimum atomic E-state index is -4.43. The lowest BCUT2D eigenvalue weighted by molar-refractivity contribution is -0.0689. The molecule has 0 radical (unpaired) electrons. The number of hydrogen-bond donors (Lipinski definition) is 5. The van der Waals surface area contributed by atoms with Crippen LogP contribution in [0.5, 0.6) is 0 Å². The van der Waals surface area contributed by atoms with Crippen molar-refractivity contribution >= 4 is 18.8 Å². The summed E-state index contributed by atoms with van der Waals surface area (Å²) in [5.74, 6) is 0. The number of aliphatic hydroxyl groups excluding tert-OH is 2. The fourth-order valence-electron chi connectivity index (χ4n) is 3.45. The first-order valence-electron chi connectivity index (χ1n) is 10.0. The smallest absolute Gasteiger partial charge is 0.359 e. The van der Waals surface area contributed by atoms with Gasteiger partial charge < -0.3 is 34.5 Å². The first-order chi connectivity index (χ1) is 14.4. The average Bonchev–Trinajstić information content (AvgIpc) is 3.25. The van der Waals surface area contributed by atoms with Crippen molar-refractivity contribution in [1.29, 1.82) is 0 Å². The molecule has 1 aliphatic rings. The molecule has 5 N–H and O–H groups in total. The molecule has 0 amide bonds. The zero-order valence-electron chi connectivity index (χ0n) is 17.8. The lowest BCUT2D eigenvalue weighted by atomic mass is 9.93. The highest BCUT2D eigenvalue weighted by Crippen LogP contribution is 2.59. The van der Waals surface area contributed by atoms with Gasteiger partial charge in [-0.05, 0) is 26.7 Å². The maximum Gasteiger partial charge on any atom is 0.359 e. The van der Waals surface area contributed by atoms with Crippen molar-refractivity contribution in [3.05, 3.63) is 23.0 Å². The summed E-state index contributed by atoms with van der Waals surface area (Å²) in [5.41, 5.74) is -1.47. The summed E-state index contributed by atoms with van der Waals surface area (Å²) in [5, 5.41) is 29.5. The average molecular weight is 460 g/mol. The summed E-state index contributed by atoms with van der Waals surface area (Å²) < 4.78 is 25.4. The van der Waals surface area contributed by atoms with Crippen LogP contribution in [0.4, 0.5) is 0 Å². The van der Waals surface area contributed by atoms with Crippen molar-refractivity contribution in [2.45, 2.75) is 82.4 Å². The molecule has 0 spiro atoms. The van der Waals surface area contributed by atoms with Gasteiger partial charge in [0.2, 0.25) is 0 Å². The molecule has 31 heavy (non-hydrogen) atoms. The maximum atomic E-state index is 12.7. The Balaban J connectivity index is 1.84. The number of aliphatic hydroxyl groups is 3. The highest BCUT2D eigenvalue weighted by Gasteiger charge is 2.50. The molecule has 13 heteroatoms. The number of nitrogens with zero attached hydrogens (tertiary/aromatic N) is 3. The second-order valence-electron chi connectivity index (χ2n) is 8.29. The fourth-order valence-corrected chi connectivity index (χ4v) is 4.84. The quantitative estimate of drug-likeness (QED) is 0.350. The van der Waals surface area contributed by atoms with E-state index < -0.39 is 48.6 Å². The number of aromatic nitrogens is 4. The van der Waals surface area contributed by atoms with Gasteiger partial charge >= 0.3 is 7.60 Å². The topological polar surface area (TPSA) is 180 Å². The number of aromatic amines is 1. The molecule has 2 aromatic rings. The number of imidazole rings is 1. The van der Waals surface area contributed by atoms with Crippen LogP contribution in [0.2, 0.25) is 0 Å². The molecule has 3 heterocycles. The normalized spacial score (nSPS) is 30.1. The Bertz CT molecular complexity index is 1040. The number of rotatable bonds is 8. The SMILES string of the molecule is CCC(C)(C[C@H]1O[C@@H](n2cnc3c(=O)[nH]cnc32)[C@H](O)[C@@H]1O)OP(=O)(O)C(C)(O)CC. The van der Waals surface area contributed by atoms with Gasteiger partial charge in [-0.25, -0.2) is 9.97 Å². The highest BCUT2D eigenvalue weighted by atomic mass is 31.2. The van der Waals surface area contributed by atoms with Gasteiger partial charge in [0, 0.05) is 6.42 Å². The van der Waals surface area contributed by atoms with Gasteiger partial charge in [0.25, 0.3) is 5.56 Å². The number of H-pyrrole nitrogens is 1. The molecular formula is C18H29N4O8P. The molecule has 0 bridgehead atoms. The van der Waals surface area contributed by atoms with Gasteiger partial charge in [-0.1, -0.05) is 13.8 Å². The van der Waals surface area contributed by atoms with Crippen LogP contribution in [0.25, 0.3) is 11.2 Å². The van der Waals surface area contributed by atoms with E-state index in [4.69, 9.17) is 9.26 Å². The molecule has 3 rings (SSSR count). The fraction of sp³-hybridized carbons (Fsp3) is 0.722. The Hall–Kier alpha value is -1.66. The summed E-state index contributed by atoms with van der Waals surface area (Å²) in [4.78, 5) is 32.6. The van der Waals surface area contributed by atoms with Crippen molar-refractivity contribution in [3.63, 3.8) is 0 Å². The van der Waals surface area contributed by atoms with E-state index in [1.54, 1.807) is 20.8 Å². The largest absolute Gasteiger partial charge is 0.388 e. The van der Waals surface area contributed by atoms with E-state index in [0.29, 0.717) is 0 Å². The van der Waals surface area contributed by atoms with Crippen LogP contribution >= 0.6 is 7.60 Å². The second-order valence-corrected chi connectivity index (χ2v) is 10.5. The van der Waals surface area contributed by atoms with E-state index in [2.05, 4.69) is 15.0 Å². The Morgan fingerprint density at radius 3 is 2.55 bits per heavy atom. The molecular weight excluding hydrogens is 431 g/mol. The molecule has 1 aliphatic heterocycles. The molecule has 0 aliphatic carbocycles. The van der Waals surface area contributed by atoms with Crippen LogP contribution in [0.1, 0.15) is 53.2 Å². The summed E-state index contributed by atoms with van der Waals surface area (Å²) in [7, 11) is -4.43. The van der Waals surface area contributed by atoms with Crippen molar-refractivity contribution in [1.82, 2.24) is 19.5 Å². The molecule has 12 nitrogen and oxygen atoms in total. The molecule has 1 fully saturated rings. The summed E-state index contributed by atoms with van der Waals surface area (Å²) in [6.45, 7) is 6.10. The molecule has 0 saturated carbocycles. The minimum absolute atomic E-state index is 0.00372. The Labute approximate surface area is 178 Å². The first-order valence-corrected chi connectivity index (χ1v) is 11.6. The van der Waals surface area contributed by atoms with Crippen molar-refractivity contribution in [3.8, 4) is 0 Å². The zero-order chi connectivity index (χ0) is 23.2. The molecule has 0 aromatic carbocycles. The number of fused-ring (bicyclic) bond motifs is 1. The molecule has 7 atom stereocenters. The Morgan fingerprint density at radius 1 is 1.26 bits per heavy atom. The second kappa shape index (κ2) is 8.36. The van der Waals surface area contributed by atoms with Crippen LogP contribution in [0, 0.1) is 0 Å². The van der Waals surface area contributed by atoms with Gasteiger partial charge in [-0.2, -0.15) is 0 Å². The zero-order valence-corrected chi connectivity index (χ0v) is 18.7. The number of nitrogens with one attached hydrogen (secondary N) is 1. The summed E-state index contributed by atoms with van der Waals surface area (Å²) in [6.07, 6.45) is -2.05. The monoisotopic (exact) mass is 460 g/mol. The lowest BCUT2D eigenvalue weighted by Crippen LogP contribution is -2.40. The standard InChI is InChI=1S/C18H29N4O8P/c1-5-17(3,30-31(27,28)18(4,26)6-2)7-10-12(23)13(24)16(29-10)22-9-21-11-14(22)19-8-20-15(11)25/h8-10,12-13,16,23-24,26H,5-7H2,1-4H3,(H,27,28)(H,19,20,25)/t10-,12-,13-,16-,17?,18?/m1/s1. The molecule has 1 saturated heterocycles. The van der Waals surface area contributed by atoms with E-state index in [0.717, 1.165) is 0 Å². The Kier molecular flexibility index (Phi) is 6.47. The predicted molar refractivity (Wildman–Crippen MR) is 109 cm³/mol. The maximum absolute atomic E-state index is 12.7. The van der Waals surface area contributed by atoms with E-state index in [9.17, 15) is 29.6 Å². The van der Waals surface area contributed by atoms with Crippen molar-refractivity contribution in [2.75, 3.05) is 0 Å². The molecule has 2 aromatic heterocycles. The molecule has 3 unspecified atom stereocenters. The van der Waals surface area contributed by atoms with Crippen molar-refractivity contribution in [2.24, 2.45) is 0 Å². The van der Waals surface area contributed by atoms with E-state index in [1.807, 2.05) is 0 Å². The predicted octanol–water partition coefficient (Wildman–Crippen LogP) is 0.618. The van der Waals surface area contributed by atoms with Crippen LogP contribution in [-0.4, -0.2) is 69.0 Å². The van der Waals surface area contributed by atoms with Gasteiger partial charge in [0.1, 0.15) is 12.2 Å². The number of ether oxygens (including phenoxy) is 1. The van der Waals surface area contributed by atoms with E-state index in [1.165, 1.54) is 24.1 Å². The van der Waals surface area contributed by atoms with E-state index >= 15 is 0 Å². The van der Waals surface area contributed by atoms with Gasteiger partial charge in [-0.15, -0.1) is 0 Å². The van der Waals surface area contributed by atoms with Crippen LogP contribution in [0.3, 0.4) is 0 Å². The minimum Gasteiger partial charge on any atom is -0.388 e. The van der Waals surface area contributed by atoms with E-state index in [-0.39, 0.29) is 30.4 Å². The van der Waals surface area contributed by atoms with Gasteiger partial charge in [0.05, 0.1) is 24.4 Å². The lowest BCUT2D eigenvalue weighted by Gasteiger charge is -2.37. The summed E-state index contributed by atoms with van der Waals surface area (Å²) >= 11 is 0. The third-order valence-electron chi connectivity index (χ3n) is 5.98. The van der Waals surface area contributed by atoms with Crippen LogP contribution < -0.4 is 5.56 Å². The number of hydrogen-bond acceptors (Lipinski definition) is 9. The van der Waals surface area contributed by atoms with Crippen LogP contribution in [0.15, 0.2) is 17.4 Å². The summed E-state index contributed by atoms with van der Waals surface area (Å²) in [6, 6.07) is 0. The highest BCUT2D eigenvalue weighted by molar-refractivity contribution is 7.54. The Morgan fingerprint density at radius 2 is 1.94 bits per heavy atom. The third kappa shape index (κ3) is 4.34. The molecule has 174 valence electrons. The first kappa shape index (κ1) is 24.0. The third-order valence-corrected chi connectivity index (χ3v) is 8.20.